The Morgan fingerprint density at radius 3 is 2.41 bits per heavy atom. The number of carbonyl (C=O) groups is 2. The molecular weight excluding hydrogens is 469 g/mol. The van der Waals surface area contributed by atoms with E-state index in [9.17, 15) is 22.8 Å². The molecule has 2 aromatic rings. The Morgan fingerprint density at radius 1 is 1.03 bits per heavy atom. The number of alkyl halides is 3. The second-order valence-corrected chi connectivity index (χ2v) is 9.13. The summed E-state index contributed by atoms with van der Waals surface area (Å²) in [7, 11) is 0. The summed E-state index contributed by atoms with van der Waals surface area (Å²) in [4.78, 5) is 38.2. The normalized spacial score (nSPS) is 16.0. The first kappa shape index (κ1) is 24.2. The predicted molar refractivity (Wildman–Crippen MR) is 120 cm³/mol. The monoisotopic (exact) mass is 492 g/mol. The third-order valence-corrected chi connectivity index (χ3v) is 6.83. The number of hydrogen-bond acceptors (Lipinski definition) is 5. The van der Waals surface area contributed by atoms with Crippen molar-refractivity contribution in [1.82, 2.24) is 9.80 Å². The fourth-order valence-electron chi connectivity index (χ4n) is 3.85. The summed E-state index contributed by atoms with van der Waals surface area (Å²) >= 11 is 0.995. The number of benzene rings is 2. The molecule has 0 unspecified atom stereocenters. The molecule has 2 aromatic carbocycles. The van der Waals surface area contributed by atoms with Gasteiger partial charge in [0.1, 0.15) is 0 Å². The van der Waals surface area contributed by atoms with Crippen molar-refractivity contribution in [2.45, 2.75) is 29.3 Å². The summed E-state index contributed by atoms with van der Waals surface area (Å²) < 4.78 is 41.8. The van der Waals surface area contributed by atoms with Crippen LogP contribution in [0.25, 0.3) is 5.57 Å². The zero-order valence-electron chi connectivity index (χ0n) is 18.5. The molecule has 0 radical (unpaired) electrons. The van der Waals surface area contributed by atoms with E-state index in [-0.39, 0.29) is 21.9 Å². The first-order valence-corrected chi connectivity index (χ1v) is 11.5. The van der Waals surface area contributed by atoms with E-state index in [1.54, 1.807) is 23.1 Å². The highest BCUT2D eigenvalue weighted by Crippen LogP contribution is 2.42. The largest absolute Gasteiger partial charge is 0.417 e. The van der Waals surface area contributed by atoms with E-state index in [0.717, 1.165) is 23.4 Å². The van der Waals surface area contributed by atoms with Gasteiger partial charge in [-0.1, -0.05) is 24.4 Å². The number of hydrogen-bond donors (Lipinski definition) is 0. The standard InChI is InChI=1S/C24H23F3N2O4S/c1-15(23(31)29-10-8-28(9-11-29)16(2)30)17-3-6-22(20(14-17)24(25,26)27)34-19-4-5-21-18(13-19)7-12-32-33-21/h3-6,13-14H,1,7-12H2,2H3. The van der Waals surface area contributed by atoms with Gasteiger partial charge in [-0.2, -0.15) is 18.1 Å². The third-order valence-electron chi connectivity index (χ3n) is 5.77. The Bertz CT molecular complexity index is 1130. The minimum absolute atomic E-state index is 0.00995. The highest BCUT2D eigenvalue weighted by atomic mass is 32.2. The number of halogens is 3. The third kappa shape index (κ3) is 5.23. The van der Waals surface area contributed by atoms with Crippen molar-refractivity contribution in [2.75, 3.05) is 32.8 Å². The van der Waals surface area contributed by atoms with Crippen LogP contribution in [-0.4, -0.2) is 54.4 Å². The van der Waals surface area contributed by atoms with Crippen LogP contribution in [0.1, 0.15) is 23.6 Å². The lowest BCUT2D eigenvalue weighted by Gasteiger charge is -2.34. The maximum absolute atomic E-state index is 13.9. The lowest BCUT2D eigenvalue weighted by molar-refractivity contribution is -0.215. The molecule has 2 aliphatic rings. The van der Waals surface area contributed by atoms with Gasteiger partial charge in [0.05, 0.1) is 12.2 Å². The van der Waals surface area contributed by atoms with Crippen LogP contribution in [0.5, 0.6) is 5.75 Å². The van der Waals surface area contributed by atoms with Crippen LogP contribution in [0.15, 0.2) is 52.8 Å². The molecule has 4 rings (SSSR count). The average Bonchev–Trinajstić information content (AvgIpc) is 2.82. The van der Waals surface area contributed by atoms with Crippen LogP contribution in [0, 0.1) is 0 Å². The predicted octanol–water partition coefficient (Wildman–Crippen LogP) is 4.43. The number of amides is 2. The average molecular weight is 493 g/mol. The number of fused-ring (bicyclic) bond motifs is 1. The maximum atomic E-state index is 13.9. The summed E-state index contributed by atoms with van der Waals surface area (Å²) in [6.45, 7) is 6.99. The minimum atomic E-state index is -4.61. The Labute approximate surface area is 199 Å². The highest BCUT2D eigenvalue weighted by molar-refractivity contribution is 7.99. The van der Waals surface area contributed by atoms with Gasteiger partial charge in [-0.05, 0) is 35.9 Å². The SMILES string of the molecule is C=C(C(=O)N1CCN(C(C)=O)CC1)c1ccc(Sc2ccc3c(c2)CCOO3)c(C(F)(F)F)c1. The fourth-order valence-corrected chi connectivity index (χ4v) is 4.86. The van der Waals surface area contributed by atoms with Crippen LogP contribution in [0.2, 0.25) is 0 Å². The van der Waals surface area contributed by atoms with Crippen molar-refractivity contribution in [1.29, 1.82) is 0 Å². The first-order chi connectivity index (χ1) is 16.1. The molecule has 0 aliphatic carbocycles. The van der Waals surface area contributed by atoms with E-state index in [1.165, 1.54) is 24.0 Å². The number of rotatable bonds is 4. The Morgan fingerprint density at radius 2 is 1.74 bits per heavy atom. The molecule has 0 aromatic heterocycles. The van der Waals surface area contributed by atoms with Crippen molar-refractivity contribution in [3.8, 4) is 5.75 Å². The van der Waals surface area contributed by atoms with Crippen LogP contribution in [0.4, 0.5) is 13.2 Å². The van der Waals surface area contributed by atoms with E-state index < -0.39 is 17.6 Å². The smallest absolute Gasteiger partial charge is 0.339 e. The van der Waals surface area contributed by atoms with Crippen LogP contribution in [-0.2, 0) is 27.1 Å². The Balaban J connectivity index is 1.54. The van der Waals surface area contributed by atoms with Gasteiger partial charge < -0.3 is 14.7 Å². The van der Waals surface area contributed by atoms with Crippen LogP contribution < -0.4 is 4.89 Å². The highest BCUT2D eigenvalue weighted by Gasteiger charge is 2.35. The molecule has 10 heteroatoms. The van der Waals surface area contributed by atoms with E-state index in [1.807, 2.05) is 0 Å². The summed E-state index contributed by atoms with van der Waals surface area (Å²) in [5.41, 5.74) is 0.142. The van der Waals surface area contributed by atoms with E-state index in [0.29, 0.717) is 49.9 Å². The van der Waals surface area contributed by atoms with Gasteiger partial charge in [0.25, 0.3) is 5.91 Å². The van der Waals surface area contributed by atoms with Crippen molar-refractivity contribution >= 4 is 29.1 Å². The van der Waals surface area contributed by atoms with Gasteiger partial charge in [-0.15, -0.1) is 0 Å². The molecular formula is C24H23F3N2O4S. The molecule has 1 saturated heterocycles. The number of nitrogens with zero attached hydrogens (tertiary/aromatic N) is 2. The fraction of sp³-hybridized carbons (Fsp3) is 0.333. The molecule has 2 aliphatic heterocycles. The van der Waals surface area contributed by atoms with Crippen molar-refractivity contribution < 1.29 is 32.5 Å². The molecule has 2 amide bonds. The van der Waals surface area contributed by atoms with E-state index in [2.05, 4.69) is 6.58 Å². The van der Waals surface area contributed by atoms with Crippen LogP contribution >= 0.6 is 11.8 Å². The summed E-state index contributed by atoms with van der Waals surface area (Å²) in [6, 6.07) is 8.97. The van der Waals surface area contributed by atoms with Gasteiger partial charge in [-0.25, -0.2) is 0 Å². The second-order valence-electron chi connectivity index (χ2n) is 8.01. The summed E-state index contributed by atoms with van der Waals surface area (Å²) in [5, 5.41) is 0. The second kappa shape index (κ2) is 9.71. The van der Waals surface area contributed by atoms with Gasteiger partial charge >= 0.3 is 6.18 Å². The minimum Gasteiger partial charge on any atom is -0.339 e. The maximum Gasteiger partial charge on any atom is 0.417 e. The molecule has 2 heterocycles. The van der Waals surface area contributed by atoms with E-state index in [4.69, 9.17) is 9.78 Å². The summed E-state index contributed by atoms with van der Waals surface area (Å²) in [6.07, 6.45) is -4.00. The molecule has 1 fully saturated rings. The zero-order chi connectivity index (χ0) is 24.5. The summed E-state index contributed by atoms with van der Waals surface area (Å²) in [5.74, 6) is 0.0446. The van der Waals surface area contributed by atoms with Crippen LogP contribution in [0.3, 0.4) is 0 Å². The molecule has 0 saturated carbocycles. The van der Waals surface area contributed by atoms with Crippen molar-refractivity contribution in [3.63, 3.8) is 0 Å². The Kier molecular flexibility index (Phi) is 6.90. The lowest BCUT2D eigenvalue weighted by atomic mass is 10.0. The van der Waals surface area contributed by atoms with Gasteiger partial charge in [-0.3, -0.25) is 9.59 Å². The number of piperazine rings is 1. The quantitative estimate of drug-likeness (QED) is 0.467. The van der Waals surface area contributed by atoms with Crippen molar-refractivity contribution in [3.05, 3.63) is 59.7 Å². The number of carbonyl (C=O) groups excluding carboxylic acids is 2. The molecule has 34 heavy (non-hydrogen) atoms. The molecule has 180 valence electrons. The Hall–Kier alpha value is -2.98. The molecule has 6 nitrogen and oxygen atoms in total. The molecule has 0 spiro atoms. The van der Waals surface area contributed by atoms with Crippen molar-refractivity contribution in [2.24, 2.45) is 0 Å². The van der Waals surface area contributed by atoms with Gasteiger partial charge in [0.2, 0.25) is 5.91 Å². The first-order valence-electron chi connectivity index (χ1n) is 10.7. The lowest BCUT2D eigenvalue weighted by Crippen LogP contribution is -2.50. The molecule has 0 bridgehead atoms. The molecule has 0 N–H and O–H groups in total. The van der Waals surface area contributed by atoms with E-state index >= 15 is 0 Å². The molecule has 0 atom stereocenters. The topological polar surface area (TPSA) is 59.1 Å². The van der Waals surface area contributed by atoms with Gasteiger partial charge in [0, 0.05) is 60.5 Å². The van der Waals surface area contributed by atoms with Gasteiger partial charge in [0.15, 0.2) is 5.75 Å². The zero-order valence-corrected chi connectivity index (χ0v) is 19.3.